The summed E-state index contributed by atoms with van der Waals surface area (Å²) < 4.78 is 6.97. The highest BCUT2D eigenvalue weighted by atomic mass is 35.5. The molecular weight excluding hydrogens is 402 g/mol. The lowest BCUT2D eigenvalue weighted by Crippen LogP contribution is -2.33. The molecule has 148 valence electrons. The smallest absolute Gasteiger partial charge is 0.351 e. The number of nitrogens with zero attached hydrogens (tertiary/aromatic N) is 2. The molecule has 0 amide bonds. The van der Waals surface area contributed by atoms with Gasteiger partial charge in [0.1, 0.15) is 21.0 Å². The van der Waals surface area contributed by atoms with Crippen LogP contribution in [0.3, 0.4) is 0 Å². The molecule has 0 aliphatic heterocycles. The molecular formula is C19H20ClN3O4S. The van der Waals surface area contributed by atoms with Crippen molar-refractivity contribution in [1.82, 2.24) is 4.57 Å². The summed E-state index contributed by atoms with van der Waals surface area (Å²) in [6.45, 7) is 4.17. The minimum atomic E-state index is -0.749. The number of phenols is 1. The lowest BCUT2D eigenvalue weighted by Gasteiger charge is -2.02. The van der Waals surface area contributed by atoms with E-state index in [0.717, 1.165) is 24.2 Å². The molecule has 0 spiro atoms. The van der Waals surface area contributed by atoms with Crippen molar-refractivity contribution in [3.05, 3.63) is 42.8 Å². The minimum absolute atomic E-state index is 0.0461. The number of carbonyl (C=O) groups excluding carboxylic acids is 1. The molecule has 7 nitrogen and oxygen atoms in total. The zero-order valence-corrected chi connectivity index (χ0v) is 17.1. The molecule has 0 aliphatic carbocycles. The van der Waals surface area contributed by atoms with Crippen molar-refractivity contribution in [2.75, 3.05) is 11.9 Å². The second-order valence-corrected chi connectivity index (χ2v) is 7.18. The Morgan fingerprint density at radius 1 is 1.46 bits per heavy atom. The summed E-state index contributed by atoms with van der Waals surface area (Å²) in [6.07, 6.45) is 3.07. The lowest BCUT2D eigenvalue weighted by molar-refractivity contribution is -0.136. The van der Waals surface area contributed by atoms with E-state index in [1.807, 2.05) is 13.0 Å². The summed E-state index contributed by atoms with van der Waals surface area (Å²) in [5.74, 6) is -0.795. The molecule has 0 aliphatic rings. The largest absolute Gasteiger partial charge is 0.506 e. The quantitative estimate of drug-likeness (QED) is 0.524. The molecule has 2 rings (SSSR count). The molecule has 28 heavy (non-hydrogen) atoms. The van der Waals surface area contributed by atoms with Crippen molar-refractivity contribution < 1.29 is 14.6 Å². The minimum Gasteiger partial charge on any atom is -0.506 e. The number of esters is 1. The van der Waals surface area contributed by atoms with E-state index >= 15 is 0 Å². The molecule has 0 radical (unpaired) electrons. The summed E-state index contributed by atoms with van der Waals surface area (Å²) >= 11 is 6.92. The number of thiazole rings is 1. The average Bonchev–Trinajstić information content (AvgIpc) is 2.97. The monoisotopic (exact) mass is 421 g/mol. The Hall–Kier alpha value is -2.76. The number of hydrogen-bond acceptors (Lipinski definition) is 7. The molecule has 2 aromatic rings. The Morgan fingerprint density at radius 2 is 2.21 bits per heavy atom. The predicted octanol–water partition coefficient (Wildman–Crippen LogP) is 2.16. The van der Waals surface area contributed by atoms with Gasteiger partial charge in [-0.15, -0.1) is 11.3 Å². The van der Waals surface area contributed by atoms with E-state index in [0.29, 0.717) is 16.8 Å². The maximum atomic E-state index is 12.8. The molecule has 1 aromatic carbocycles. The van der Waals surface area contributed by atoms with Crippen LogP contribution in [0.5, 0.6) is 5.75 Å². The van der Waals surface area contributed by atoms with Gasteiger partial charge in [0.15, 0.2) is 5.57 Å². The Kier molecular flexibility index (Phi) is 7.67. The van der Waals surface area contributed by atoms with Crippen LogP contribution in [0.15, 0.2) is 23.0 Å². The second kappa shape index (κ2) is 9.97. The number of halogens is 1. The van der Waals surface area contributed by atoms with Gasteiger partial charge >= 0.3 is 5.97 Å². The topological polar surface area (TPSA) is 104 Å². The molecule has 0 atom stereocenters. The van der Waals surface area contributed by atoms with E-state index in [-0.39, 0.29) is 33.2 Å². The number of benzene rings is 1. The molecule has 1 aromatic heterocycles. The van der Waals surface area contributed by atoms with Gasteiger partial charge in [0.05, 0.1) is 11.6 Å². The summed E-state index contributed by atoms with van der Waals surface area (Å²) in [5.41, 5.74) is 0.0855. The van der Waals surface area contributed by atoms with E-state index in [2.05, 4.69) is 5.32 Å². The first kappa shape index (κ1) is 21.5. The van der Waals surface area contributed by atoms with Crippen LogP contribution in [0, 0.1) is 11.3 Å². The lowest BCUT2D eigenvalue weighted by atomic mass is 10.3. The van der Waals surface area contributed by atoms with Crippen LogP contribution in [0.2, 0.25) is 5.02 Å². The first-order chi connectivity index (χ1) is 13.4. The van der Waals surface area contributed by atoms with Gasteiger partial charge in [0, 0.05) is 18.4 Å². The number of anilines is 1. The van der Waals surface area contributed by atoms with E-state index < -0.39 is 5.97 Å². The van der Waals surface area contributed by atoms with Crippen LogP contribution in [0.25, 0.3) is 11.8 Å². The third kappa shape index (κ3) is 4.94. The van der Waals surface area contributed by atoms with Gasteiger partial charge in [-0.25, -0.2) is 4.79 Å². The summed E-state index contributed by atoms with van der Waals surface area (Å²) in [7, 11) is 0. The number of aromatic hydroxyl groups is 1. The van der Waals surface area contributed by atoms with Crippen molar-refractivity contribution in [3.8, 4) is 11.8 Å². The third-order valence-corrected chi connectivity index (χ3v) is 5.20. The SMILES string of the molecule is CCCCn1c(=O)/c(=C\Nc2ccc(O)c(Cl)c2)s/c1=C(/C#N)C(=O)OCC. The maximum Gasteiger partial charge on any atom is 0.351 e. The molecule has 1 heterocycles. The van der Waals surface area contributed by atoms with Gasteiger partial charge in [0.25, 0.3) is 5.56 Å². The van der Waals surface area contributed by atoms with E-state index in [1.165, 1.54) is 22.9 Å². The molecule has 0 unspecified atom stereocenters. The highest BCUT2D eigenvalue weighted by Gasteiger charge is 2.16. The maximum absolute atomic E-state index is 12.8. The molecule has 0 bridgehead atoms. The average molecular weight is 422 g/mol. The molecule has 0 fully saturated rings. The molecule has 2 N–H and O–H groups in total. The fourth-order valence-electron chi connectivity index (χ4n) is 2.35. The van der Waals surface area contributed by atoms with Gasteiger partial charge in [-0.1, -0.05) is 24.9 Å². The first-order valence-corrected chi connectivity index (χ1v) is 9.88. The number of unbranched alkanes of at least 4 members (excludes halogenated alkanes) is 1. The van der Waals surface area contributed by atoms with Crippen molar-refractivity contribution >= 4 is 46.4 Å². The molecule has 0 saturated carbocycles. The van der Waals surface area contributed by atoms with Crippen LogP contribution in [0.1, 0.15) is 26.7 Å². The first-order valence-electron chi connectivity index (χ1n) is 8.69. The van der Waals surface area contributed by atoms with Gasteiger partial charge in [-0.3, -0.25) is 9.36 Å². The number of ether oxygens (including phenoxy) is 1. The fraction of sp³-hybridized carbons (Fsp3) is 0.316. The van der Waals surface area contributed by atoms with E-state index in [4.69, 9.17) is 16.3 Å². The Morgan fingerprint density at radius 3 is 2.82 bits per heavy atom. The molecule has 9 heteroatoms. The van der Waals surface area contributed by atoms with Gasteiger partial charge in [0.2, 0.25) is 0 Å². The number of hydrogen-bond donors (Lipinski definition) is 2. The molecule has 0 saturated heterocycles. The second-order valence-electron chi connectivity index (χ2n) is 5.74. The fourth-order valence-corrected chi connectivity index (χ4v) is 3.57. The highest BCUT2D eigenvalue weighted by molar-refractivity contribution is 7.07. The van der Waals surface area contributed by atoms with Crippen LogP contribution >= 0.6 is 22.9 Å². The van der Waals surface area contributed by atoms with E-state index in [1.54, 1.807) is 13.0 Å². The van der Waals surface area contributed by atoms with Gasteiger partial charge in [-0.2, -0.15) is 5.26 Å². The number of nitriles is 1. The van der Waals surface area contributed by atoms with Crippen LogP contribution in [-0.4, -0.2) is 22.2 Å². The predicted molar refractivity (Wildman–Crippen MR) is 110 cm³/mol. The normalized spacial score (nSPS) is 12.4. The van der Waals surface area contributed by atoms with Crippen molar-refractivity contribution in [1.29, 1.82) is 5.26 Å². The van der Waals surface area contributed by atoms with Crippen molar-refractivity contribution in [2.24, 2.45) is 0 Å². The van der Waals surface area contributed by atoms with Crippen LogP contribution < -0.4 is 20.1 Å². The van der Waals surface area contributed by atoms with Crippen molar-refractivity contribution in [3.63, 3.8) is 0 Å². The zero-order chi connectivity index (χ0) is 20.7. The Bertz CT molecular complexity index is 1080. The number of phenolic OH excluding ortho intramolecular Hbond substituents is 1. The van der Waals surface area contributed by atoms with E-state index in [9.17, 15) is 20.0 Å². The number of carbonyl (C=O) groups is 1. The third-order valence-electron chi connectivity index (χ3n) is 3.77. The standard InChI is InChI=1S/C19H20ClN3O4S/c1-3-5-8-23-17(25)16(11-22-12-6-7-15(24)14(20)9-12)28-18(23)13(10-21)19(26)27-4-2/h6-7,9,11,22,24H,3-5,8H2,1-2H3/b16-11+,18-13-. The highest BCUT2D eigenvalue weighted by Crippen LogP contribution is 2.25. The van der Waals surface area contributed by atoms with Crippen LogP contribution in [-0.2, 0) is 16.1 Å². The Balaban J connectivity index is 2.58. The Labute approximate surface area is 170 Å². The van der Waals surface area contributed by atoms with Crippen LogP contribution in [0.4, 0.5) is 5.69 Å². The zero-order valence-electron chi connectivity index (χ0n) is 15.5. The van der Waals surface area contributed by atoms with Gasteiger partial charge in [-0.05, 0) is 31.5 Å². The summed E-state index contributed by atoms with van der Waals surface area (Å²) in [5, 5.41) is 22.0. The number of rotatable bonds is 7. The number of aromatic nitrogens is 1. The summed E-state index contributed by atoms with van der Waals surface area (Å²) in [6, 6.07) is 6.41. The van der Waals surface area contributed by atoms with Gasteiger partial charge < -0.3 is 15.2 Å². The number of nitrogens with one attached hydrogen (secondary N) is 1. The summed E-state index contributed by atoms with van der Waals surface area (Å²) in [4.78, 5) is 24.9. The van der Waals surface area contributed by atoms with Crippen molar-refractivity contribution in [2.45, 2.75) is 33.2 Å².